The number of aromatic nitrogens is 2. The van der Waals surface area contributed by atoms with E-state index in [1.807, 2.05) is 64.2 Å². The third kappa shape index (κ3) is 8.25. The highest BCUT2D eigenvalue weighted by Crippen LogP contribution is 2.40. The van der Waals surface area contributed by atoms with Gasteiger partial charge in [0, 0.05) is 47.2 Å². The van der Waals surface area contributed by atoms with Crippen LogP contribution in [0.2, 0.25) is 0 Å². The summed E-state index contributed by atoms with van der Waals surface area (Å²) in [6.45, 7) is 17.8. The van der Waals surface area contributed by atoms with Gasteiger partial charge in [0.25, 0.3) is 5.91 Å². The first kappa shape index (κ1) is 32.9. The normalized spacial score (nSPS) is 21.4. The molecule has 0 spiro atoms. The highest BCUT2D eigenvalue weighted by Gasteiger charge is 2.41. The second kappa shape index (κ2) is 14.1. The number of nitrogens with one attached hydrogen (secondary N) is 2. The summed E-state index contributed by atoms with van der Waals surface area (Å²) in [5.41, 5.74) is 2.20. The minimum Gasteiger partial charge on any atom is -0.362 e. The Balaban J connectivity index is 0.00000226. The summed E-state index contributed by atoms with van der Waals surface area (Å²) in [7, 11) is 1.81. The van der Waals surface area contributed by atoms with Crippen LogP contribution in [-0.4, -0.2) is 46.8 Å². The molecule has 4 bridgehead atoms. The van der Waals surface area contributed by atoms with Crippen LogP contribution >= 0.6 is 23.5 Å². The van der Waals surface area contributed by atoms with Crippen molar-refractivity contribution in [3.8, 4) is 0 Å². The minimum atomic E-state index is -0.171. The van der Waals surface area contributed by atoms with Crippen LogP contribution in [0.5, 0.6) is 0 Å². The van der Waals surface area contributed by atoms with Crippen LogP contribution < -0.4 is 14.9 Å². The molecule has 2 atom stereocenters. The third-order valence-electron chi connectivity index (χ3n) is 7.52. The standard InChI is InChI=1S/C30H41ClN6OS.C2H6/c1-8-20(31)16-23(32-7)22-14-12-19-17-30(5,6)37(18-19)27-21(13-15-24(34-27)29(2,3)4)28(38)36-39-26-11-9-10-25(33-22)35-26;1-2/h9-11,13,15-16,19,22H,8,12,14,17-18H2,1-7H3,(H,33,35)(H,36,38);1-2H3/b20-16+,32-23?;. The van der Waals surface area contributed by atoms with Crippen molar-refractivity contribution in [3.05, 3.63) is 52.7 Å². The predicted molar refractivity (Wildman–Crippen MR) is 176 cm³/mol. The molecule has 1 amide bonds. The van der Waals surface area contributed by atoms with Crippen molar-refractivity contribution in [3.63, 3.8) is 0 Å². The van der Waals surface area contributed by atoms with E-state index >= 15 is 0 Å². The molecule has 2 aromatic heterocycles. The number of hydrogen-bond donors (Lipinski definition) is 2. The maximum Gasteiger partial charge on any atom is 0.265 e. The molecule has 0 radical (unpaired) electrons. The molecule has 0 aromatic carbocycles. The maximum absolute atomic E-state index is 13.5. The van der Waals surface area contributed by atoms with Crippen LogP contribution in [0.25, 0.3) is 0 Å². The monoisotopic (exact) mass is 598 g/mol. The average molecular weight is 599 g/mol. The van der Waals surface area contributed by atoms with E-state index in [0.29, 0.717) is 16.5 Å². The molecule has 0 saturated carbocycles. The Morgan fingerprint density at radius 2 is 1.93 bits per heavy atom. The second-order valence-corrected chi connectivity index (χ2v) is 13.4. The summed E-state index contributed by atoms with van der Waals surface area (Å²) < 4.78 is 3.01. The summed E-state index contributed by atoms with van der Waals surface area (Å²) in [4.78, 5) is 30.3. The van der Waals surface area contributed by atoms with Gasteiger partial charge in [0.15, 0.2) is 0 Å². The van der Waals surface area contributed by atoms with E-state index in [1.165, 1.54) is 11.9 Å². The van der Waals surface area contributed by atoms with Crippen molar-refractivity contribution in [1.29, 1.82) is 0 Å². The van der Waals surface area contributed by atoms with Gasteiger partial charge < -0.3 is 10.2 Å². The van der Waals surface area contributed by atoms with E-state index < -0.39 is 0 Å². The topological polar surface area (TPSA) is 82.5 Å². The van der Waals surface area contributed by atoms with Gasteiger partial charge in [-0.05, 0) is 75.8 Å². The number of halogens is 1. The number of amides is 1. The van der Waals surface area contributed by atoms with Crippen LogP contribution in [0.1, 0.15) is 97.1 Å². The molecule has 224 valence electrons. The zero-order valence-electron chi connectivity index (χ0n) is 26.1. The molecule has 2 aliphatic heterocycles. The van der Waals surface area contributed by atoms with Crippen molar-refractivity contribution >= 4 is 46.8 Å². The SMILES string of the molecule is CC.CC/C(Cl)=C\C(=NC)C1CCC2CN(c3nc(C(C)(C)C)ccc3C(=O)NSc3cccc(n3)N1)C(C)(C)C2. The van der Waals surface area contributed by atoms with E-state index in [0.717, 1.165) is 60.3 Å². The molecule has 2 unspecified atom stereocenters. The Kier molecular flexibility index (Phi) is 11.3. The summed E-state index contributed by atoms with van der Waals surface area (Å²) in [6.07, 6.45) is 5.61. The van der Waals surface area contributed by atoms with E-state index in [9.17, 15) is 4.79 Å². The quantitative estimate of drug-likeness (QED) is 0.275. The van der Waals surface area contributed by atoms with Crippen molar-refractivity contribution in [2.24, 2.45) is 10.9 Å². The Hall–Kier alpha value is -2.58. The van der Waals surface area contributed by atoms with Crippen LogP contribution in [0.3, 0.4) is 0 Å². The van der Waals surface area contributed by atoms with Gasteiger partial charge in [-0.2, -0.15) is 0 Å². The van der Waals surface area contributed by atoms with Crippen LogP contribution in [0.4, 0.5) is 11.6 Å². The number of hydrogen-bond acceptors (Lipinski definition) is 7. The number of pyridine rings is 2. The summed E-state index contributed by atoms with van der Waals surface area (Å²) in [5.74, 6) is 1.76. The molecule has 2 aliphatic rings. The van der Waals surface area contributed by atoms with Gasteiger partial charge in [-0.3, -0.25) is 14.5 Å². The molecular formula is C32H47ClN6OS. The lowest BCUT2D eigenvalue weighted by atomic mass is 9.90. The minimum absolute atomic E-state index is 0.0437. The van der Waals surface area contributed by atoms with Crippen LogP contribution in [0, 0.1) is 5.92 Å². The molecule has 1 fully saturated rings. The second-order valence-electron chi connectivity index (χ2n) is 12.1. The van der Waals surface area contributed by atoms with Gasteiger partial charge in [0.05, 0.1) is 17.3 Å². The fourth-order valence-corrected chi connectivity index (χ4v) is 6.08. The molecular weight excluding hydrogens is 552 g/mol. The largest absolute Gasteiger partial charge is 0.362 e. The van der Waals surface area contributed by atoms with Gasteiger partial charge in [-0.25, -0.2) is 9.97 Å². The third-order valence-corrected chi connectivity index (χ3v) is 8.62. The molecule has 4 heterocycles. The van der Waals surface area contributed by atoms with Crippen molar-refractivity contribution in [2.75, 3.05) is 23.8 Å². The number of nitrogens with zero attached hydrogens (tertiary/aromatic N) is 4. The predicted octanol–water partition coefficient (Wildman–Crippen LogP) is 8.02. The smallest absolute Gasteiger partial charge is 0.265 e. The first-order valence-electron chi connectivity index (χ1n) is 14.7. The lowest BCUT2D eigenvalue weighted by molar-refractivity contribution is 0.0984. The van der Waals surface area contributed by atoms with Crippen LogP contribution in [0.15, 0.2) is 51.5 Å². The number of fused-ring (bicyclic) bond motifs is 6. The van der Waals surface area contributed by atoms with E-state index in [1.54, 1.807) is 0 Å². The number of allylic oxidation sites excluding steroid dienone is 1. The summed E-state index contributed by atoms with van der Waals surface area (Å²) >= 11 is 7.66. The Labute approximate surface area is 256 Å². The number of anilines is 2. The molecule has 0 aliphatic carbocycles. The molecule has 2 N–H and O–H groups in total. The first-order chi connectivity index (χ1) is 19.4. The van der Waals surface area contributed by atoms with Crippen molar-refractivity contribution < 1.29 is 4.79 Å². The first-order valence-corrected chi connectivity index (χ1v) is 15.9. The van der Waals surface area contributed by atoms with Gasteiger partial charge >= 0.3 is 0 Å². The Bertz CT molecular complexity index is 1270. The summed E-state index contributed by atoms with van der Waals surface area (Å²) in [5, 5.41) is 5.08. The van der Waals surface area contributed by atoms with E-state index in [2.05, 4.69) is 54.5 Å². The highest BCUT2D eigenvalue weighted by atomic mass is 35.5. The fourth-order valence-electron chi connectivity index (χ4n) is 5.37. The number of rotatable bonds is 3. The molecule has 1 saturated heterocycles. The zero-order valence-corrected chi connectivity index (χ0v) is 27.7. The molecule has 41 heavy (non-hydrogen) atoms. The Morgan fingerprint density at radius 1 is 1.20 bits per heavy atom. The zero-order chi connectivity index (χ0) is 30.4. The number of aliphatic imine (C=N–C) groups is 1. The van der Waals surface area contributed by atoms with Crippen molar-refractivity contribution in [2.45, 2.75) is 103 Å². The van der Waals surface area contributed by atoms with Gasteiger partial charge in [-0.1, -0.05) is 59.2 Å². The average Bonchev–Trinajstić information content (AvgIpc) is 3.26. The number of carbonyl (C=O) groups excluding carboxylic acids is 1. The molecule has 4 rings (SSSR count). The lowest BCUT2D eigenvalue weighted by Crippen LogP contribution is -2.40. The maximum atomic E-state index is 13.5. The lowest BCUT2D eigenvalue weighted by Gasteiger charge is -2.34. The molecule has 2 aromatic rings. The van der Waals surface area contributed by atoms with Crippen LogP contribution in [-0.2, 0) is 5.41 Å². The van der Waals surface area contributed by atoms with E-state index in [4.69, 9.17) is 21.6 Å². The Morgan fingerprint density at radius 3 is 2.59 bits per heavy atom. The summed E-state index contributed by atoms with van der Waals surface area (Å²) in [6, 6.07) is 9.64. The van der Waals surface area contributed by atoms with E-state index in [-0.39, 0.29) is 22.9 Å². The van der Waals surface area contributed by atoms with Gasteiger partial charge in [0.2, 0.25) is 0 Å². The van der Waals surface area contributed by atoms with Gasteiger partial charge in [-0.15, -0.1) is 0 Å². The fraction of sp³-hybridized carbons (Fsp3) is 0.562. The molecule has 9 heteroatoms. The number of carbonyl (C=O) groups is 1. The van der Waals surface area contributed by atoms with Crippen molar-refractivity contribution in [1.82, 2.24) is 14.7 Å². The molecule has 7 nitrogen and oxygen atoms in total. The highest BCUT2D eigenvalue weighted by molar-refractivity contribution is 7.97. The van der Waals surface area contributed by atoms with Gasteiger partial charge in [0.1, 0.15) is 16.7 Å².